The van der Waals surface area contributed by atoms with Crippen LogP contribution in [-0.2, 0) is 0 Å². The second kappa shape index (κ2) is 3.73. The summed E-state index contributed by atoms with van der Waals surface area (Å²) >= 11 is 0. The molecule has 1 atom stereocenters. The zero-order chi connectivity index (χ0) is 9.19. The van der Waals surface area contributed by atoms with Crippen LogP contribution in [0.2, 0.25) is 0 Å². The van der Waals surface area contributed by atoms with Gasteiger partial charge in [-0.05, 0) is 20.4 Å². The van der Waals surface area contributed by atoms with E-state index >= 15 is 0 Å². The first-order chi connectivity index (χ1) is 5.60. The number of nitrogens with zero attached hydrogens (tertiary/aromatic N) is 1. The Bertz CT molecular complexity index is 147. The molecule has 0 saturated carbocycles. The second-order valence-electron chi connectivity index (χ2n) is 4.11. The Balaban J connectivity index is 2.54. The molecule has 0 radical (unpaired) electrons. The smallest absolute Gasteiger partial charge is 0.0597 e. The lowest BCUT2D eigenvalue weighted by atomic mass is 9.98. The van der Waals surface area contributed by atoms with Gasteiger partial charge in [-0.25, -0.2) is 0 Å². The summed E-state index contributed by atoms with van der Waals surface area (Å²) in [6, 6.07) is 0.262. The molecule has 12 heavy (non-hydrogen) atoms. The first kappa shape index (κ1) is 9.96. The van der Waals surface area contributed by atoms with Gasteiger partial charge in [-0.3, -0.25) is 4.90 Å². The van der Waals surface area contributed by atoms with Crippen molar-refractivity contribution in [1.29, 1.82) is 0 Å². The zero-order valence-electron chi connectivity index (χ0n) is 8.30. The van der Waals surface area contributed by atoms with E-state index in [0.29, 0.717) is 0 Å². The molecule has 72 valence electrons. The van der Waals surface area contributed by atoms with Crippen LogP contribution < -0.4 is 5.32 Å². The molecule has 0 aromatic heterocycles. The molecule has 1 fully saturated rings. The van der Waals surface area contributed by atoms with Gasteiger partial charge in [0.05, 0.1) is 6.61 Å². The Morgan fingerprint density at radius 3 is 2.75 bits per heavy atom. The van der Waals surface area contributed by atoms with Crippen molar-refractivity contribution in [3.63, 3.8) is 0 Å². The molecular formula is C9H20N2O. The molecule has 0 aliphatic carbocycles. The third-order valence-electron chi connectivity index (χ3n) is 2.72. The van der Waals surface area contributed by atoms with Crippen LogP contribution in [0.5, 0.6) is 0 Å². The third-order valence-corrected chi connectivity index (χ3v) is 2.72. The van der Waals surface area contributed by atoms with Gasteiger partial charge in [0.25, 0.3) is 0 Å². The maximum Gasteiger partial charge on any atom is 0.0597 e. The van der Waals surface area contributed by atoms with E-state index in [1.54, 1.807) is 0 Å². The highest BCUT2D eigenvalue weighted by Gasteiger charge is 2.32. The van der Waals surface area contributed by atoms with Crippen LogP contribution in [0.15, 0.2) is 0 Å². The van der Waals surface area contributed by atoms with Gasteiger partial charge in [-0.1, -0.05) is 6.92 Å². The van der Waals surface area contributed by atoms with Gasteiger partial charge in [-0.15, -0.1) is 0 Å². The third kappa shape index (κ3) is 1.97. The number of aliphatic hydroxyl groups is 1. The molecule has 0 spiro atoms. The van der Waals surface area contributed by atoms with Crippen LogP contribution in [0.4, 0.5) is 0 Å². The summed E-state index contributed by atoms with van der Waals surface area (Å²) in [4.78, 5) is 2.41. The lowest BCUT2D eigenvalue weighted by Gasteiger charge is -2.45. The minimum absolute atomic E-state index is 0.237. The van der Waals surface area contributed by atoms with E-state index in [1.807, 2.05) is 0 Å². The predicted molar refractivity (Wildman–Crippen MR) is 50.2 cm³/mol. The topological polar surface area (TPSA) is 35.5 Å². The van der Waals surface area contributed by atoms with Gasteiger partial charge in [0.15, 0.2) is 0 Å². The van der Waals surface area contributed by atoms with Crippen LogP contribution >= 0.6 is 0 Å². The Hall–Kier alpha value is -0.120. The quantitative estimate of drug-likeness (QED) is 0.618. The van der Waals surface area contributed by atoms with Gasteiger partial charge in [-0.2, -0.15) is 0 Å². The predicted octanol–water partition coefficient (Wildman–Crippen LogP) is 0.0510. The zero-order valence-corrected chi connectivity index (χ0v) is 8.30. The van der Waals surface area contributed by atoms with Crippen molar-refractivity contribution >= 4 is 0 Å². The maximum absolute atomic E-state index is 8.99. The first-order valence-corrected chi connectivity index (χ1v) is 4.69. The van der Waals surface area contributed by atoms with E-state index in [0.717, 1.165) is 19.6 Å². The molecule has 1 heterocycles. The fraction of sp³-hybridized carbons (Fsp3) is 1.00. The number of rotatable bonds is 2. The van der Waals surface area contributed by atoms with Gasteiger partial charge < -0.3 is 10.4 Å². The molecule has 0 amide bonds. The Labute approximate surface area is 74.8 Å². The summed E-state index contributed by atoms with van der Waals surface area (Å²) in [7, 11) is 0. The van der Waals surface area contributed by atoms with Gasteiger partial charge in [0, 0.05) is 24.7 Å². The lowest BCUT2D eigenvalue weighted by Crippen LogP contribution is -2.62. The van der Waals surface area contributed by atoms with Gasteiger partial charge >= 0.3 is 0 Å². The van der Waals surface area contributed by atoms with E-state index in [-0.39, 0.29) is 18.2 Å². The molecule has 1 unspecified atom stereocenters. The van der Waals surface area contributed by atoms with Crippen LogP contribution in [0.3, 0.4) is 0 Å². The Morgan fingerprint density at radius 1 is 1.58 bits per heavy atom. The number of likely N-dealkylation sites (N-methyl/N-ethyl adjacent to an activating group) is 1. The van der Waals surface area contributed by atoms with Crippen molar-refractivity contribution in [3.05, 3.63) is 0 Å². The van der Waals surface area contributed by atoms with Crippen molar-refractivity contribution in [2.24, 2.45) is 0 Å². The fourth-order valence-corrected chi connectivity index (χ4v) is 1.76. The summed E-state index contributed by atoms with van der Waals surface area (Å²) in [6.45, 7) is 9.86. The number of hydrogen-bond donors (Lipinski definition) is 2. The molecule has 1 rings (SSSR count). The summed E-state index contributed by atoms with van der Waals surface area (Å²) in [6.07, 6.45) is 0. The van der Waals surface area contributed by atoms with Crippen molar-refractivity contribution in [2.45, 2.75) is 32.4 Å². The number of piperazine rings is 1. The van der Waals surface area contributed by atoms with E-state index in [1.165, 1.54) is 0 Å². The highest BCUT2D eigenvalue weighted by atomic mass is 16.3. The van der Waals surface area contributed by atoms with Gasteiger partial charge in [0.2, 0.25) is 0 Å². The van der Waals surface area contributed by atoms with E-state index in [2.05, 4.69) is 31.0 Å². The Kier molecular flexibility index (Phi) is 3.09. The van der Waals surface area contributed by atoms with Crippen molar-refractivity contribution in [2.75, 3.05) is 26.2 Å². The van der Waals surface area contributed by atoms with E-state index < -0.39 is 0 Å². The van der Waals surface area contributed by atoms with Crippen LogP contribution in [-0.4, -0.2) is 47.8 Å². The summed E-state index contributed by atoms with van der Waals surface area (Å²) in [5.74, 6) is 0. The van der Waals surface area contributed by atoms with Crippen molar-refractivity contribution in [3.8, 4) is 0 Å². The van der Waals surface area contributed by atoms with Crippen LogP contribution in [0, 0.1) is 0 Å². The van der Waals surface area contributed by atoms with Crippen molar-refractivity contribution in [1.82, 2.24) is 10.2 Å². The first-order valence-electron chi connectivity index (χ1n) is 4.69. The summed E-state index contributed by atoms with van der Waals surface area (Å²) in [5.41, 5.74) is 0.237. The Morgan fingerprint density at radius 2 is 2.25 bits per heavy atom. The molecule has 1 saturated heterocycles. The number of hydrogen-bond acceptors (Lipinski definition) is 3. The average molecular weight is 172 g/mol. The minimum Gasteiger partial charge on any atom is -0.395 e. The molecular weight excluding hydrogens is 152 g/mol. The molecule has 0 aromatic rings. The minimum atomic E-state index is 0.237. The highest BCUT2D eigenvalue weighted by molar-refractivity contribution is 4.91. The number of aliphatic hydroxyl groups excluding tert-OH is 1. The van der Waals surface area contributed by atoms with Crippen LogP contribution in [0.1, 0.15) is 20.8 Å². The van der Waals surface area contributed by atoms with Crippen molar-refractivity contribution < 1.29 is 5.11 Å². The highest BCUT2D eigenvalue weighted by Crippen LogP contribution is 2.17. The summed E-state index contributed by atoms with van der Waals surface area (Å²) in [5, 5.41) is 12.3. The average Bonchev–Trinajstić information content (AvgIpc) is 2.04. The molecule has 0 aromatic carbocycles. The normalized spacial score (nSPS) is 30.5. The summed E-state index contributed by atoms with van der Waals surface area (Å²) < 4.78 is 0. The monoisotopic (exact) mass is 172 g/mol. The molecule has 2 N–H and O–H groups in total. The fourth-order valence-electron chi connectivity index (χ4n) is 1.76. The molecule has 0 bridgehead atoms. The molecule has 3 nitrogen and oxygen atoms in total. The standard InChI is InChI=1S/C9H20N2O/c1-4-11-5-8(6-12)10-7-9(11,2)3/h8,10,12H,4-7H2,1-3H3. The molecule has 1 aliphatic rings. The van der Waals surface area contributed by atoms with Crippen LogP contribution in [0.25, 0.3) is 0 Å². The van der Waals surface area contributed by atoms with E-state index in [9.17, 15) is 0 Å². The largest absolute Gasteiger partial charge is 0.395 e. The van der Waals surface area contributed by atoms with Gasteiger partial charge in [0.1, 0.15) is 0 Å². The number of nitrogens with one attached hydrogen (secondary N) is 1. The maximum atomic E-state index is 8.99. The lowest BCUT2D eigenvalue weighted by molar-refractivity contribution is 0.0540. The molecule has 1 aliphatic heterocycles. The second-order valence-corrected chi connectivity index (χ2v) is 4.11. The molecule has 3 heteroatoms. The SMILES string of the molecule is CCN1CC(CO)NCC1(C)C. The van der Waals surface area contributed by atoms with E-state index in [4.69, 9.17) is 5.11 Å².